The van der Waals surface area contributed by atoms with Crippen LogP contribution in [0.2, 0.25) is 0 Å². The Hall–Kier alpha value is -5.32. The minimum Gasteiger partial charge on any atom is -0.508 e. The van der Waals surface area contributed by atoms with E-state index >= 15 is 0 Å². The van der Waals surface area contributed by atoms with Crippen molar-refractivity contribution in [2.75, 3.05) is 7.11 Å². The number of ether oxygens (including phenoxy) is 4. The molecule has 2 heterocycles. The van der Waals surface area contributed by atoms with Gasteiger partial charge in [0.15, 0.2) is 23.4 Å². The van der Waals surface area contributed by atoms with Crippen molar-refractivity contribution < 1.29 is 69.0 Å². The molecule has 8 N–H and O–H groups in total. The first kappa shape index (κ1) is 32.1. The molecule has 0 aliphatic carbocycles. The summed E-state index contributed by atoms with van der Waals surface area (Å²) in [6, 6.07) is 11.7. The molecule has 1 saturated heterocycles. The summed E-state index contributed by atoms with van der Waals surface area (Å²) in [7, 11) is 1.29. The molecule has 3 aromatic carbocycles. The number of hydrogen-bond donors (Lipinski definition) is 8. The Morgan fingerprint density at radius 3 is 2.33 bits per heavy atom. The zero-order valence-electron chi connectivity index (χ0n) is 23.8. The second-order valence-electron chi connectivity index (χ2n) is 10.1. The fourth-order valence-electron chi connectivity index (χ4n) is 4.66. The molecule has 15 nitrogen and oxygen atoms in total. The van der Waals surface area contributed by atoms with Crippen LogP contribution < -0.4 is 14.9 Å². The lowest BCUT2D eigenvalue weighted by atomic mass is 9.98. The molecule has 15 heteroatoms. The van der Waals surface area contributed by atoms with Crippen LogP contribution in [0.15, 0.2) is 69.9 Å². The fraction of sp³-hybridized carbons (Fsp3) is 0.226. The highest BCUT2D eigenvalue weighted by molar-refractivity contribution is 5.88. The summed E-state index contributed by atoms with van der Waals surface area (Å²) in [5, 5.41) is 81.8. The van der Waals surface area contributed by atoms with Crippen LogP contribution in [0, 0.1) is 0 Å². The number of phenols is 3. The summed E-state index contributed by atoms with van der Waals surface area (Å²) < 4.78 is 26.6. The molecule has 0 radical (unpaired) electrons. The summed E-state index contributed by atoms with van der Waals surface area (Å²) in [5.74, 6) is -3.44. The third-order valence-corrected chi connectivity index (χ3v) is 7.05. The second kappa shape index (κ2) is 13.0. The quantitative estimate of drug-likeness (QED) is 0.0762. The minimum absolute atomic E-state index is 0.0127. The van der Waals surface area contributed by atoms with Crippen LogP contribution >= 0.6 is 0 Å². The normalized spacial score (nSPS) is 22.1. The lowest BCUT2D eigenvalue weighted by Crippen LogP contribution is -2.62. The Labute approximate surface area is 258 Å². The molecule has 0 saturated carbocycles. The van der Waals surface area contributed by atoms with E-state index in [9.17, 15) is 50.4 Å². The molecule has 1 aliphatic heterocycles. The Morgan fingerprint density at radius 2 is 1.63 bits per heavy atom. The molecule has 6 atom stereocenters. The highest BCUT2D eigenvalue weighted by Crippen LogP contribution is 2.39. The largest absolute Gasteiger partial charge is 0.508 e. The van der Waals surface area contributed by atoms with Crippen molar-refractivity contribution in [3.8, 4) is 45.8 Å². The van der Waals surface area contributed by atoms with Gasteiger partial charge < -0.3 is 64.2 Å². The van der Waals surface area contributed by atoms with E-state index in [1.807, 2.05) is 0 Å². The number of benzene rings is 3. The van der Waals surface area contributed by atoms with Crippen molar-refractivity contribution in [1.82, 2.24) is 0 Å². The van der Waals surface area contributed by atoms with Crippen LogP contribution in [0.4, 0.5) is 0 Å². The Kier molecular flexibility index (Phi) is 9.04. The number of rotatable bonds is 8. The molecule has 0 bridgehead atoms. The molecule has 4 aromatic rings. The zero-order valence-corrected chi connectivity index (χ0v) is 23.8. The summed E-state index contributed by atoms with van der Waals surface area (Å²) in [4.78, 5) is 25.2. The number of aliphatic hydroxyl groups is 4. The van der Waals surface area contributed by atoms with Gasteiger partial charge in [-0.25, -0.2) is 4.79 Å². The molecule has 0 spiro atoms. The number of fused-ring (bicyclic) bond motifs is 1. The average molecular weight is 641 g/mol. The van der Waals surface area contributed by atoms with Crippen molar-refractivity contribution in [2.45, 2.75) is 37.0 Å². The predicted molar refractivity (Wildman–Crippen MR) is 156 cm³/mol. The number of aliphatic hydroxyl groups excluding tert-OH is 4. The SMILES string of the molecule is COc1cc(-c2oc3cc(O[C@@H]4O[C@H](C(O)OC(=O)/C=C/c5ccc(O)cc5)[C@@H](O)[C@H](O)[C@H]4O)cc(O)c3c(=O)c2O)ccc1O. The maximum atomic E-state index is 12.9. The first-order valence-corrected chi connectivity index (χ1v) is 13.5. The molecule has 1 unspecified atom stereocenters. The van der Waals surface area contributed by atoms with Gasteiger partial charge in [0.2, 0.25) is 23.8 Å². The number of phenolic OH excluding ortho intramolecular Hbond substituents is 3. The number of carbonyl (C=O) groups excluding carboxylic acids is 1. The topological polar surface area (TPSA) is 246 Å². The van der Waals surface area contributed by atoms with Crippen LogP contribution in [0.5, 0.6) is 34.5 Å². The Balaban J connectivity index is 1.38. The van der Waals surface area contributed by atoms with Gasteiger partial charge in [-0.1, -0.05) is 12.1 Å². The predicted octanol–water partition coefficient (Wildman–Crippen LogP) is 1.05. The van der Waals surface area contributed by atoms with Crippen molar-refractivity contribution in [1.29, 1.82) is 0 Å². The van der Waals surface area contributed by atoms with Gasteiger partial charge >= 0.3 is 5.97 Å². The van der Waals surface area contributed by atoms with E-state index in [1.165, 1.54) is 55.7 Å². The van der Waals surface area contributed by atoms with Gasteiger partial charge in [-0.15, -0.1) is 0 Å². The van der Waals surface area contributed by atoms with Gasteiger partial charge in [0.05, 0.1) is 7.11 Å². The van der Waals surface area contributed by atoms with E-state index < -0.39 is 65.3 Å². The van der Waals surface area contributed by atoms with E-state index in [-0.39, 0.29) is 39.9 Å². The van der Waals surface area contributed by atoms with E-state index in [2.05, 4.69) is 0 Å². The number of aromatic hydroxyl groups is 4. The van der Waals surface area contributed by atoms with E-state index in [4.69, 9.17) is 23.4 Å². The lowest BCUT2D eigenvalue weighted by molar-refractivity contribution is -0.311. The summed E-state index contributed by atoms with van der Waals surface area (Å²) in [6.45, 7) is 0. The van der Waals surface area contributed by atoms with Crippen LogP contribution in [0.25, 0.3) is 28.4 Å². The van der Waals surface area contributed by atoms with Gasteiger partial charge in [0.1, 0.15) is 46.5 Å². The van der Waals surface area contributed by atoms with E-state index in [1.54, 1.807) is 0 Å². The Morgan fingerprint density at radius 1 is 0.913 bits per heavy atom. The second-order valence-corrected chi connectivity index (χ2v) is 10.1. The van der Waals surface area contributed by atoms with Crippen LogP contribution in [-0.4, -0.2) is 90.9 Å². The minimum atomic E-state index is -2.16. The molecule has 46 heavy (non-hydrogen) atoms. The van der Waals surface area contributed by atoms with Gasteiger partial charge in [0, 0.05) is 23.8 Å². The van der Waals surface area contributed by atoms with Crippen LogP contribution in [0.3, 0.4) is 0 Å². The van der Waals surface area contributed by atoms with Crippen molar-refractivity contribution >= 4 is 23.0 Å². The molecule has 1 aliphatic rings. The third-order valence-electron chi connectivity index (χ3n) is 7.05. The van der Waals surface area contributed by atoms with Crippen molar-refractivity contribution in [2.24, 2.45) is 0 Å². The fourth-order valence-corrected chi connectivity index (χ4v) is 4.66. The molecular formula is C31H28O15. The Bertz CT molecular complexity index is 1830. The number of carbonyl (C=O) groups is 1. The summed E-state index contributed by atoms with van der Waals surface area (Å²) >= 11 is 0. The van der Waals surface area contributed by atoms with E-state index in [0.29, 0.717) is 5.56 Å². The maximum absolute atomic E-state index is 12.9. The van der Waals surface area contributed by atoms with Gasteiger partial charge in [-0.3, -0.25) is 4.79 Å². The molecule has 5 rings (SSSR count). The zero-order chi connectivity index (χ0) is 33.3. The first-order chi connectivity index (χ1) is 21.9. The van der Waals surface area contributed by atoms with Crippen LogP contribution in [0.1, 0.15) is 5.56 Å². The molecule has 1 aromatic heterocycles. The maximum Gasteiger partial charge on any atom is 0.333 e. The van der Waals surface area contributed by atoms with Gasteiger partial charge in [0.25, 0.3) is 0 Å². The van der Waals surface area contributed by atoms with E-state index in [0.717, 1.165) is 18.2 Å². The lowest BCUT2D eigenvalue weighted by Gasteiger charge is -2.41. The molecular weight excluding hydrogens is 612 g/mol. The van der Waals surface area contributed by atoms with Crippen molar-refractivity contribution in [3.63, 3.8) is 0 Å². The van der Waals surface area contributed by atoms with Gasteiger partial charge in [-0.05, 0) is 42.0 Å². The highest BCUT2D eigenvalue weighted by atomic mass is 16.7. The third kappa shape index (κ3) is 6.39. The number of methoxy groups -OCH3 is 1. The standard InChI is InChI=1S/C31H28O15/c1-42-19-10-14(5-8-17(19)33)28-25(38)23(36)22-18(34)11-16(12-20(22)44-28)43-31-27(40)24(37)26(39)29(46-31)30(41)45-21(35)9-4-13-2-6-15(32)7-3-13/h2-12,24,26-27,29-34,37-41H,1H3/b9-4+/t24-,26-,27+,29-,30?,31+/m0/s1. The summed E-state index contributed by atoms with van der Waals surface area (Å²) in [5.41, 5.74) is -0.657. The monoisotopic (exact) mass is 640 g/mol. The highest BCUT2D eigenvalue weighted by Gasteiger charge is 2.48. The molecule has 242 valence electrons. The average Bonchev–Trinajstić information content (AvgIpc) is 3.02. The van der Waals surface area contributed by atoms with Crippen LogP contribution in [-0.2, 0) is 14.3 Å². The van der Waals surface area contributed by atoms with Crippen molar-refractivity contribution in [3.05, 3.63) is 76.5 Å². The first-order valence-electron chi connectivity index (χ1n) is 13.5. The number of esters is 1. The number of hydrogen-bond acceptors (Lipinski definition) is 15. The molecule has 1 fully saturated rings. The van der Waals surface area contributed by atoms with Gasteiger partial charge in [-0.2, -0.15) is 0 Å². The molecule has 0 amide bonds. The smallest absolute Gasteiger partial charge is 0.333 e. The summed E-state index contributed by atoms with van der Waals surface area (Å²) in [6.07, 6.45) is -9.37.